The van der Waals surface area contributed by atoms with Crippen molar-refractivity contribution < 1.29 is 9.53 Å². The largest absolute Gasteiger partial charge is 0.380 e. The van der Waals surface area contributed by atoms with Crippen LogP contribution in [-0.2, 0) is 9.53 Å². The molecule has 0 amide bonds. The lowest BCUT2D eigenvalue weighted by molar-refractivity contribution is -0.125. The molecule has 1 saturated heterocycles. The highest BCUT2D eigenvalue weighted by Gasteiger charge is 2.34. The fourth-order valence-electron chi connectivity index (χ4n) is 1.81. The summed E-state index contributed by atoms with van der Waals surface area (Å²) in [5, 5.41) is 0. The van der Waals surface area contributed by atoms with Crippen LogP contribution in [0.5, 0.6) is 0 Å². The molecule has 1 aliphatic rings. The van der Waals surface area contributed by atoms with Crippen molar-refractivity contribution in [3.63, 3.8) is 0 Å². The average molecular weight is 199 g/mol. The number of hydrogen-bond acceptors (Lipinski definition) is 3. The van der Waals surface area contributed by atoms with Gasteiger partial charge in [0.25, 0.3) is 0 Å². The van der Waals surface area contributed by atoms with Crippen LogP contribution in [0.3, 0.4) is 0 Å². The number of ether oxygens (including phenoxy) is 1. The van der Waals surface area contributed by atoms with Gasteiger partial charge in [0.1, 0.15) is 6.29 Å². The van der Waals surface area contributed by atoms with Crippen molar-refractivity contribution in [2.24, 2.45) is 5.41 Å². The third-order valence-corrected chi connectivity index (χ3v) is 3.05. The molecule has 1 aliphatic heterocycles. The summed E-state index contributed by atoms with van der Waals surface area (Å²) >= 11 is 0. The Morgan fingerprint density at radius 2 is 2.29 bits per heavy atom. The topological polar surface area (TPSA) is 29.5 Å². The second-order valence-corrected chi connectivity index (χ2v) is 4.65. The zero-order valence-corrected chi connectivity index (χ0v) is 9.45. The van der Waals surface area contributed by atoms with Gasteiger partial charge < -0.3 is 14.4 Å². The minimum absolute atomic E-state index is 0.253. The van der Waals surface area contributed by atoms with Gasteiger partial charge in [-0.2, -0.15) is 0 Å². The monoisotopic (exact) mass is 199 g/mol. The molecular formula is C11H21NO2. The Balaban J connectivity index is 2.55. The first-order valence-electron chi connectivity index (χ1n) is 5.34. The smallest absolute Gasteiger partial charge is 0.129 e. The number of nitrogens with zero attached hydrogens (tertiary/aromatic N) is 1. The molecule has 3 heteroatoms. The summed E-state index contributed by atoms with van der Waals surface area (Å²) in [6, 6.07) is 0.480. The third-order valence-electron chi connectivity index (χ3n) is 3.05. The zero-order valence-electron chi connectivity index (χ0n) is 9.45. The maximum atomic E-state index is 11.1. The fraction of sp³-hybridized carbons (Fsp3) is 0.909. The standard InChI is InChI=1S/C11H21NO2/c1-10(2)12(3)7-11(8-13)5-4-6-14-9-11/h8,10H,4-7,9H2,1-3H3. The van der Waals surface area contributed by atoms with Crippen molar-refractivity contribution in [2.45, 2.75) is 32.7 Å². The Bertz CT molecular complexity index is 186. The van der Waals surface area contributed by atoms with Crippen LogP contribution in [0.4, 0.5) is 0 Å². The van der Waals surface area contributed by atoms with E-state index in [4.69, 9.17) is 4.74 Å². The molecular weight excluding hydrogens is 178 g/mol. The summed E-state index contributed by atoms with van der Waals surface area (Å²) in [6.07, 6.45) is 3.06. The maximum absolute atomic E-state index is 11.1. The first-order chi connectivity index (χ1) is 6.59. The van der Waals surface area contributed by atoms with Crippen LogP contribution >= 0.6 is 0 Å². The van der Waals surface area contributed by atoms with Gasteiger partial charge in [-0.25, -0.2) is 0 Å². The van der Waals surface area contributed by atoms with E-state index in [0.29, 0.717) is 12.6 Å². The van der Waals surface area contributed by atoms with Crippen molar-refractivity contribution in [3.05, 3.63) is 0 Å². The molecule has 1 heterocycles. The molecule has 1 rings (SSSR count). The highest BCUT2D eigenvalue weighted by Crippen LogP contribution is 2.27. The predicted molar refractivity (Wildman–Crippen MR) is 56.3 cm³/mol. The molecule has 0 spiro atoms. The van der Waals surface area contributed by atoms with Crippen molar-refractivity contribution in [2.75, 3.05) is 26.8 Å². The van der Waals surface area contributed by atoms with Gasteiger partial charge in [0.05, 0.1) is 12.0 Å². The van der Waals surface area contributed by atoms with E-state index in [-0.39, 0.29) is 5.41 Å². The molecule has 0 aliphatic carbocycles. The van der Waals surface area contributed by atoms with Crippen LogP contribution < -0.4 is 0 Å². The van der Waals surface area contributed by atoms with Crippen molar-refractivity contribution >= 4 is 6.29 Å². The zero-order chi connectivity index (χ0) is 10.6. The lowest BCUT2D eigenvalue weighted by Crippen LogP contribution is -2.45. The summed E-state index contributed by atoms with van der Waals surface area (Å²) in [5.41, 5.74) is -0.253. The number of carbonyl (C=O) groups is 1. The number of carbonyl (C=O) groups excluding carboxylic acids is 1. The fourth-order valence-corrected chi connectivity index (χ4v) is 1.81. The van der Waals surface area contributed by atoms with E-state index in [1.807, 2.05) is 0 Å². The van der Waals surface area contributed by atoms with Gasteiger partial charge in [-0.15, -0.1) is 0 Å². The Kier molecular flexibility index (Phi) is 4.08. The van der Waals surface area contributed by atoms with Crippen LogP contribution in [0.2, 0.25) is 0 Å². The normalized spacial score (nSPS) is 28.4. The Morgan fingerprint density at radius 1 is 1.57 bits per heavy atom. The minimum Gasteiger partial charge on any atom is -0.380 e. The highest BCUT2D eigenvalue weighted by molar-refractivity contribution is 5.60. The Hall–Kier alpha value is -0.410. The Labute approximate surface area is 86.4 Å². The SMILES string of the molecule is CC(C)N(C)CC1(C=O)CCCOC1. The van der Waals surface area contributed by atoms with Gasteiger partial charge in [0.15, 0.2) is 0 Å². The van der Waals surface area contributed by atoms with Crippen LogP contribution in [0.1, 0.15) is 26.7 Å². The second kappa shape index (κ2) is 4.89. The lowest BCUT2D eigenvalue weighted by Gasteiger charge is -2.36. The van der Waals surface area contributed by atoms with E-state index in [1.54, 1.807) is 0 Å². The maximum Gasteiger partial charge on any atom is 0.129 e. The van der Waals surface area contributed by atoms with Gasteiger partial charge in [-0.1, -0.05) is 0 Å². The number of rotatable bonds is 4. The summed E-state index contributed by atoms with van der Waals surface area (Å²) in [6.45, 7) is 6.49. The molecule has 0 radical (unpaired) electrons. The van der Waals surface area contributed by atoms with Crippen LogP contribution in [0.25, 0.3) is 0 Å². The van der Waals surface area contributed by atoms with Crippen LogP contribution in [0.15, 0.2) is 0 Å². The molecule has 0 aromatic carbocycles. The van der Waals surface area contributed by atoms with Gasteiger partial charge in [-0.3, -0.25) is 0 Å². The summed E-state index contributed by atoms with van der Waals surface area (Å²) < 4.78 is 5.40. The molecule has 0 aromatic heterocycles. The molecule has 1 unspecified atom stereocenters. The average Bonchev–Trinajstić information content (AvgIpc) is 2.19. The molecule has 82 valence electrons. The number of aldehydes is 1. The molecule has 1 atom stereocenters. The molecule has 1 fully saturated rings. The molecule has 0 N–H and O–H groups in total. The van der Waals surface area contributed by atoms with E-state index in [1.165, 1.54) is 0 Å². The molecule has 0 aromatic rings. The summed E-state index contributed by atoms with van der Waals surface area (Å²) in [5.74, 6) is 0. The van der Waals surface area contributed by atoms with Gasteiger partial charge in [0, 0.05) is 19.2 Å². The van der Waals surface area contributed by atoms with E-state index in [0.717, 1.165) is 32.3 Å². The minimum atomic E-state index is -0.253. The van der Waals surface area contributed by atoms with Crippen molar-refractivity contribution in [1.82, 2.24) is 4.90 Å². The molecule has 0 bridgehead atoms. The first-order valence-corrected chi connectivity index (χ1v) is 5.34. The highest BCUT2D eigenvalue weighted by atomic mass is 16.5. The lowest BCUT2D eigenvalue weighted by atomic mass is 9.83. The molecule has 3 nitrogen and oxygen atoms in total. The number of hydrogen-bond donors (Lipinski definition) is 0. The van der Waals surface area contributed by atoms with Gasteiger partial charge in [-0.05, 0) is 33.7 Å². The van der Waals surface area contributed by atoms with E-state index in [9.17, 15) is 4.79 Å². The summed E-state index contributed by atoms with van der Waals surface area (Å²) in [7, 11) is 2.06. The quantitative estimate of drug-likeness (QED) is 0.640. The second-order valence-electron chi connectivity index (χ2n) is 4.65. The summed E-state index contributed by atoms with van der Waals surface area (Å²) in [4.78, 5) is 13.3. The van der Waals surface area contributed by atoms with Crippen LogP contribution in [0, 0.1) is 5.41 Å². The third kappa shape index (κ3) is 2.79. The first kappa shape index (κ1) is 11.7. The van der Waals surface area contributed by atoms with Crippen molar-refractivity contribution in [1.29, 1.82) is 0 Å². The van der Waals surface area contributed by atoms with Gasteiger partial charge >= 0.3 is 0 Å². The molecule has 0 saturated carbocycles. The van der Waals surface area contributed by atoms with E-state index >= 15 is 0 Å². The van der Waals surface area contributed by atoms with Gasteiger partial charge in [0.2, 0.25) is 0 Å². The van der Waals surface area contributed by atoms with Crippen LogP contribution in [-0.4, -0.2) is 44.0 Å². The van der Waals surface area contributed by atoms with Crippen molar-refractivity contribution in [3.8, 4) is 0 Å². The predicted octanol–water partition coefficient (Wildman–Crippen LogP) is 1.32. The van der Waals surface area contributed by atoms with E-state index < -0.39 is 0 Å². The van der Waals surface area contributed by atoms with E-state index in [2.05, 4.69) is 25.8 Å². The Morgan fingerprint density at radius 3 is 2.71 bits per heavy atom. The molecule has 14 heavy (non-hydrogen) atoms.